The number of thioether (sulfide) groups is 1. The average molecular weight is 387 g/mol. The number of carbonyl (C=O) groups is 2. The number of nitrogens with one attached hydrogen (secondary N) is 1. The van der Waals surface area contributed by atoms with Crippen LogP contribution in [0.3, 0.4) is 0 Å². The molecule has 1 amide bonds. The number of carbonyl (C=O) groups excluding carboxylic acids is 2. The standard InChI is InChI=1S/C18H17N3O3S2/c1-2-24-17(23)9-13-10-26-18(19-13)21-15(22)11-25-16-8-7-12-5-3-4-6-14(12)20-16/h3-8,10H,2,9,11H2,1H3,(H,19,21,22). The van der Waals surface area contributed by atoms with Gasteiger partial charge in [-0.05, 0) is 19.1 Å². The van der Waals surface area contributed by atoms with Crippen molar-refractivity contribution in [3.8, 4) is 0 Å². The molecule has 3 rings (SSSR count). The number of hydrogen-bond donors (Lipinski definition) is 1. The lowest BCUT2D eigenvalue weighted by Crippen LogP contribution is -2.14. The Hall–Kier alpha value is -2.45. The predicted molar refractivity (Wildman–Crippen MR) is 104 cm³/mol. The van der Waals surface area contributed by atoms with Crippen molar-refractivity contribution in [1.29, 1.82) is 0 Å². The Morgan fingerprint density at radius 1 is 1.19 bits per heavy atom. The maximum absolute atomic E-state index is 12.1. The van der Waals surface area contributed by atoms with Gasteiger partial charge in [-0.3, -0.25) is 9.59 Å². The maximum Gasteiger partial charge on any atom is 0.311 e. The molecule has 1 aromatic carbocycles. The Balaban J connectivity index is 1.52. The largest absolute Gasteiger partial charge is 0.466 e. The summed E-state index contributed by atoms with van der Waals surface area (Å²) in [6.07, 6.45) is 0.107. The smallest absolute Gasteiger partial charge is 0.311 e. The number of ether oxygens (including phenoxy) is 1. The summed E-state index contributed by atoms with van der Waals surface area (Å²) < 4.78 is 4.88. The van der Waals surface area contributed by atoms with E-state index in [-0.39, 0.29) is 24.1 Å². The predicted octanol–water partition coefficient (Wildman–Crippen LogP) is 3.53. The third-order valence-electron chi connectivity index (χ3n) is 3.35. The van der Waals surface area contributed by atoms with Crippen LogP contribution in [0.2, 0.25) is 0 Å². The zero-order valence-electron chi connectivity index (χ0n) is 14.1. The van der Waals surface area contributed by atoms with Gasteiger partial charge in [-0.2, -0.15) is 0 Å². The first-order valence-corrected chi connectivity index (χ1v) is 9.89. The molecule has 134 valence electrons. The van der Waals surface area contributed by atoms with E-state index in [1.807, 2.05) is 36.4 Å². The van der Waals surface area contributed by atoms with Crippen molar-refractivity contribution in [2.75, 3.05) is 17.7 Å². The Bertz CT molecular complexity index is 927. The summed E-state index contributed by atoms with van der Waals surface area (Å²) in [4.78, 5) is 32.3. The van der Waals surface area contributed by atoms with Crippen LogP contribution in [0, 0.1) is 0 Å². The SMILES string of the molecule is CCOC(=O)Cc1csc(NC(=O)CSc2ccc3ccccc3n2)n1. The van der Waals surface area contributed by atoms with E-state index >= 15 is 0 Å². The van der Waals surface area contributed by atoms with Crippen molar-refractivity contribution in [2.45, 2.75) is 18.4 Å². The lowest BCUT2D eigenvalue weighted by atomic mass is 10.2. The van der Waals surface area contributed by atoms with Gasteiger partial charge in [0.25, 0.3) is 0 Å². The van der Waals surface area contributed by atoms with E-state index in [9.17, 15) is 9.59 Å². The van der Waals surface area contributed by atoms with Gasteiger partial charge >= 0.3 is 5.97 Å². The van der Waals surface area contributed by atoms with Gasteiger partial charge in [0.2, 0.25) is 5.91 Å². The first kappa shape index (κ1) is 18.3. The summed E-state index contributed by atoms with van der Waals surface area (Å²) in [7, 11) is 0. The zero-order valence-corrected chi connectivity index (χ0v) is 15.7. The molecule has 1 N–H and O–H groups in total. The topological polar surface area (TPSA) is 81.2 Å². The zero-order chi connectivity index (χ0) is 18.4. The molecule has 0 bridgehead atoms. The number of benzene rings is 1. The number of rotatable bonds is 7. The molecule has 0 aliphatic carbocycles. The number of thiazole rings is 1. The van der Waals surface area contributed by atoms with Crippen LogP contribution in [-0.4, -0.2) is 34.2 Å². The Labute approximate surface area is 159 Å². The van der Waals surface area contributed by atoms with E-state index < -0.39 is 0 Å². The lowest BCUT2D eigenvalue weighted by molar-refractivity contribution is -0.142. The number of hydrogen-bond acceptors (Lipinski definition) is 7. The van der Waals surface area contributed by atoms with Crippen molar-refractivity contribution < 1.29 is 14.3 Å². The molecule has 0 saturated carbocycles. The molecule has 0 aliphatic rings. The molecule has 0 spiro atoms. The van der Waals surface area contributed by atoms with E-state index in [0.717, 1.165) is 15.9 Å². The van der Waals surface area contributed by atoms with E-state index in [1.165, 1.54) is 23.1 Å². The number of pyridine rings is 1. The first-order chi connectivity index (χ1) is 12.6. The van der Waals surface area contributed by atoms with Crippen molar-refractivity contribution >= 4 is 51.0 Å². The minimum atomic E-state index is -0.325. The molecule has 26 heavy (non-hydrogen) atoms. The monoisotopic (exact) mass is 387 g/mol. The molecular weight excluding hydrogens is 370 g/mol. The highest BCUT2D eigenvalue weighted by Crippen LogP contribution is 2.21. The number of esters is 1. The van der Waals surface area contributed by atoms with Gasteiger partial charge in [-0.25, -0.2) is 9.97 Å². The van der Waals surface area contributed by atoms with Gasteiger partial charge in [0, 0.05) is 10.8 Å². The van der Waals surface area contributed by atoms with Gasteiger partial charge in [-0.15, -0.1) is 11.3 Å². The summed E-state index contributed by atoms with van der Waals surface area (Å²) in [6, 6.07) is 11.7. The molecule has 0 saturated heterocycles. The molecule has 6 nitrogen and oxygen atoms in total. The molecule has 2 heterocycles. The van der Waals surface area contributed by atoms with Crippen LogP contribution in [0.4, 0.5) is 5.13 Å². The number of aromatic nitrogens is 2. The van der Waals surface area contributed by atoms with Crippen LogP contribution < -0.4 is 5.32 Å². The summed E-state index contributed by atoms with van der Waals surface area (Å²) in [6.45, 7) is 2.10. The normalized spacial score (nSPS) is 10.7. The van der Waals surface area contributed by atoms with E-state index in [2.05, 4.69) is 15.3 Å². The number of fused-ring (bicyclic) bond motifs is 1. The fraction of sp³-hybridized carbons (Fsp3) is 0.222. The quantitative estimate of drug-likeness (QED) is 0.493. The Morgan fingerprint density at radius 2 is 2.04 bits per heavy atom. The highest BCUT2D eigenvalue weighted by atomic mass is 32.2. The fourth-order valence-corrected chi connectivity index (χ4v) is 3.63. The van der Waals surface area contributed by atoms with E-state index in [4.69, 9.17) is 4.74 Å². The second-order valence-corrected chi connectivity index (χ2v) is 7.16. The van der Waals surface area contributed by atoms with Crippen molar-refractivity contribution in [3.63, 3.8) is 0 Å². The number of para-hydroxylation sites is 1. The Morgan fingerprint density at radius 3 is 2.88 bits per heavy atom. The molecule has 0 atom stereocenters. The summed E-state index contributed by atoms with van der Waals surface area (Å²) in [5, 5.41) is 6.82. The van der Waals surface area contributed by atoms with Crippen molar-refractivity contribution in [2.24, 2.45) is 0 Å². The molecular formula is C18H17N3O3S2. The molecule has 0 fully saturated rings. The van der Waals surface area contributed by atoms with Gasteiger partial charge in [0.05, 0.1) is 35.0 Å². The maximum atomic E-state index is 12.1. The van der Waals surface area contributed by atoms with E-state index in [1.54, 1.807) is 12.3 Å². The van der Waals surface area contributed by atoms with E-state index in [0.29, 0.717) is 17.4 Å². The number of nitrogens with zero attached hydrogens (tertiary/aromatic N) is 2. The molecule has 0 radical (unpaired) electrons. The minimum Gasteiger partial charge on any atom is -0.466 e. The first-order valence-electron chi connectivity index (χ1n) is 8.02. The third kappa shape index (κ3) is 5.03. The third-order valence-corrected chi connectivity index (χ3v) is 5.09. The Kier molecular flexibility index (Phi) is 6.19. The molecule has 2 aromatic heterocycles. The molecule has 0 aliphatic heterocycles. The number of anilines is 1. The summed E-state index contributed by atoms with van der Waals surface area (Å²) >= 11 is 2.65. The fourth-order valence-electron chi connectivity index (χ4n) is 2.23. The summed E-state index contributed by atoms with van der Waals surface area (Å²) in [5.41, 5.74) is 1.49. The molecule has 8 heteroatoms. The second kappa shape index (κ2) is 8.77. The van der Waals surface area contributed by atoms with Crippen LogP contribution >= 0.6 is 23.1 Å². The van der Waals surface area contributed by atoms with Crippen LogP contribution in [0.25, 0.3) is 10.9 Å². The van der Waals surface area contributed by atoms with Crippen molar-refractivity contribution in [3.05, 3.63) is 47.5 Å². The second-order valence-electron chi connectivity index (χ2n) is 5.30. The number of amides is 1. The van der Waals surface area contributed by atoms with Gasteiger partial charge < -0.3 is 10.1 Å². The molecule has 0 unspecified atom stereocenters. The van der Waals surface area contributed by atoms with Crippen molar-refractivity contribution in [1.82, 2.24) is 9.97 Å². The minimum absolute atomic E-state index is 0.107. The lowest BCUT2D eigenvalue weighted by Gasteiger charge is -2.03. The van der Waals surface area contributed by atoms with Gasteiger partial charge in [-0.1, -0.05) is 36.0 Å². The molecule has 3 aromatic rings. The van der Waals surface area contributed by atoms with Crippen LogP contribution in [0.5, 0.6) is 0 Å². The van der Waals surface area contributed by atoms with Crippen LogP contribution in [-0.2, 0) is 20.7 Å². The van der Waals surface area contributed by atoms with Crippen LogP contribution in [0.1, 0.15) is 12.6 Å². The highest BCUT2D eigenvalue weighted by molar-refractivity contribution is 7.99. The van der Waals surface area contributed by atoms with Gasteiger partial charge in [0.1, 0.15) is 0 Å². The highest BCUT2D eigenvalue weighted by Gasteiger charge is 2.11. The average Bonchev–Trinajstić information content (AvgIpc) is 3.06. The van der Waals surface area contributed by atoms with Gasteiger partial charge in [0.15, 0.2) is 5.13 Å². The summed E-state index contributed by atoms with van der Waals surface area (Å²) in [5.74, 6) is -0.256. The van der Waals surface area contributed by atoms with Crippen LogP contribution in [0.15, 0.2) is 46.8 Å².